The number of nitrogens with zero attached hydrogens (tertiary/aromatic N) is 4. The summed E-state index contributed by atoms with van der Waals surface area (Å²) in [6.45, 7) is 2.44. The molecule has 4 N–H and O–H groups in total. The first-order valence-corrected chi connectivity index (χ1v) is 9.72. The summed E-state index contributed by atoms with van der Waals surface area (Å²) in [6, 6.07) is 10.3. The predicted octanol–water partition coefficient (Wildman–Crippen LogP) is 1.04. The highest BCUT2D eigenvalue weighted by Crippen LogP contribution is 2.32. The molecular weight excluding hydrogens is 374 g/mol. The number of benzene rings is 1. The van der Waals surface area contributed by atoms with Crippen LogP contribution in [0.5, 0.6) is 0 Å². The van der Waals surface area contributed by atoms with Gasteiger partial charge in [-0.3, -0.25) is 4.57 Å². The van der Waals surface area contributed by atoms with Gasteiger partial charge in [0, 0.05) is 12.5 Å². The van der Waals surface area contributed by atoms with Crippen LogP contribution >= 0.6 is 0 Å². The van der Waals surface area contributed by atoms with Crippen LogP contribution in [0.4, 0.5) is 5.82 Å². The summed E-state index contributed by atoms with van der Waals surface area (Å²) in [5, 5.41) is 33.0. The van der Waals surface area contributed by atoms with Gasteiger partial charge in [-0.05, 0) is 12.0 Å². The molecule has 4 rings (SSSR count). The van der Waals surface area contributed by atoms with Crippen molar-refractivity contribution in [2.45, 2.75) is 43.8 Å². The smallest absolute Gasteiger partial charge is 0.167 e. The highest BCUT2D eigenvalue weighted by molar-refractivity contribution is 5.82. The minimum Gasteiger partial charge on any atom is -0.394 e. The number of imidazole rings is 1. The van der Waals surface area contributed by atoms with Crippen molar-refractivity contribution in [1.82, 2.24) is 19.5 Å². The number of aliphatic hydroxyl groups excluding tert-OH is 3. The Bertz CT molecular complexity index is 950. The summed E-state index contributed by atoms with van der Waals surface area (Å²) in [4.78, 5) is 13.0. The Kier molecular flexibility index (Phi) is 5.72. The lowest BCUT2D eigenvalue weighted by Crippen LogP contribution is -2.33. The fourth-order valence-corrected chi connectivity index (χ4v) is 3.72. The van der Waals surface area contributed by atoms with Crippen molar-refractivity contribution < 1.29 is 20.1 Å². The average Bonchev–Trinajstić information content (AvgIpc) is 3.31. The van der Waals surface area contributed by atoms with Crippen LogP contribution in [-0.2, 0) is 4.74 Å². The molecule has 5 atom stereocenters. The molecule has 0 radical (unpaired) electrons. The van der Waals surface area contributed by atoms with E-state index in [-0.39, 0.29) is 6.61 Å². The highest BCUT2D eigenvalue weighted by atomic mass is 16.6. The molecule has 3 heterocycles. The molecule has 29 heavy (non-hydrogen) atoms. The molecule has 0 spiro atoms. The first kappa shape index (κ1) is 19.7. The maximum Gasteiger partial charge on any atom is 0.167 e. The molecule has 0 aliphatic carbocycles. The van der Waals surface area contributed by atoms with Crippen molar-refractivity contribution in [3.8, 4) is 0 Å². The molecule has 0 saturated carbocycles. The van der Waals surface area contributed by atoms with Gasteiger partial charge in [0.05, 0.1) is 12.9 Å². The minimum atomic E-state index is -1.20. The topological polar surface area (TPSA) is 126 Å². The second-order valence-corrected chi connectivity index (χ2v) is 7.17. The third kappa shape index (κ3) is 3.69. The van der Waals surface area contributed by atoms with Crippen LogP contribution in [0.25, 0.3) is 11.2 Å². The predicted molar refractivity (Wildman–Crippen MR) is 106 cm³/mol. The summed E-state index contributed by atoms with van der Waals surface area (Å²) in [6.07, 6.45) is -0.225. The Hall–Kier alpha value is -2.59. The zero-order chi connectivity index (χ0) is 20.4. The second-order valence-electron chi connectivity index (χ2n) is 7.17. The van der Waals surface area contributed by atoms with E-state index in [0.717, 1.165) is 6.42 Å². The summed E-state index contributed by atoms with van der Waals surface area (Å²) in [5.41, 5.74) is 2.28. The molecule has 1 saturated heterocycles. The molecule has 3 aromatic rings. The molecular formula is C20H25N5O4. The third-order valence-corrected chi connectivity index (χ3v) is 5.43. The third-order valence-electron chi connectivity index (χ3n) is 5.43. The molecule has 1 aliphatic heterocycles. The average molecular weight is 399 g/mol. The van der Waals surface area contributed by atoms with Crippen molar-refractivity contribution >= 4 is 17.0 Å². The number of hydrogen-bond acceptors (Lipinski definition) is 8. The zero-order valence-corrected chi connectivity index (χ0v) is 16.1. The van der Waals surface area contributed by atoms with Gasteiger partial charge in [0.1, 0.15) is 24.6 Å². The van der Waals surface area contributed by atoms with E-state index in [1.165, 1.54) is 18.2 Å². The summed E-state index contributed by atoms with van der Waals surface area (Å²) in [7, 11) is 0. The van der Waals surface area contributed by atoms with Gasteiger partial charge in [-0.25, -0.2) is 15.0 Å². The van der Waals surface area contributed by atoms with Crippen molar-refractivity contribution in [3.63, 3.8) is 0 Å². The lowest BCUT2D eigenvalue weighted by Gasteiger charge is -2.17. The molecule has 1 fully saturated rings. The summed E-state index contributed by atoms with van der Waals surface area (Å²) < 4.78 is 7.15. The SMILES string of the molecule is CCC(CNc1ncnc2c1ncn2C1OC(CO)C(O)C1O)c1ccccc1. The van der Waals surface area contributed by atoms with Gasteiger partial charge in [-0.15, -0.1) is 0 Å². The minimum absolute atomic E-state index is 0.323. The molecule has 1 aliphatic rings. The van der Waals surface area contributed by atoms with E-state index >= 15 is 0 Å². The number of aliphatic hydroxyl groups is 3. The van der Waals surface area contributed by atoms with Crippen molar-refractivity contribution in [2.24, 2.45) is 0 Å². The molecule has 9 nitrogen and oxygen atoms in total. The molecule has 154 valence electrons. The van der Waals surface area contributed by atoms with Crippen LogP contribution in [0.3, 0.4) is 0 Å². The van der Waals surface area contributed by atoms with Crippen LogP contribution in [0.1, 0.15) is 31.1 Å². The number of fused-ring (bicyclic) bond motifs is 1. The summed E-state index contributed by atoms with van der Waals surface area (Å²) >= 11 is 0. The van der Waals surface area contributed by atoms with E-state index in [1.54, 1.807) is 4.57 Å². The molecule has 2 aromatic heterocycles. The first-order chi connectivity index (χ1) is 14.1. The summed E-state index contributed by atoms with van der Waals surface area (Å²) in [5.74, 6) is 0.915. The molecule has 0 amide bonds. The molecule has 9 heteroatoms. The Balaban J connectivity index is 1.57. The fraction of sp³-hybridized carbons (Fsp3) is 0.450. The maximum absolute atomic E-state index is 10.3. The van der Waals surface area contributed by atoms with E-state index in [9.17, 15) is 15.3 Å². The first-order valence-electron chi connectivity index (χ1n) is 9.72. The molecule has 5 unspecified atom stereocenters. The number of aromatic nitrogens is 4. The lowest BCUT2D eigenvalue weighted by atomic mass is 9.96. The van der Waals surface area contributed by atoms with Crippen molar-refractivity contribution in [2.75, 3.05) is 18.5 Å². The number of rotatable bonds is 7. The van der Waals surface area contributed by atoms with Crippen LogP contribution in [0.15, 0.2) is 43.0 Å². The van der Waals surface area contributed by atoms with Gasteiger partial charge in [0.2, 0.25) is 0 Å². The fourth-order valence-electron chi connectivity index (χ4n) is 3.72. The monoisotopic (exact) mass is 399 g/mol. The van der Waals surface area contributed by atoms with Gasteiger partial charge < -0.3 is 25.4 Å². The Morgan fingerprint density at radius 2 is 1.93 bits per heavy atom. The quantitative estimate of drug-likeness (QED) is 0.464. The van der Waals surface area contributed by atoms with Gasteiger partial charge >= 0.3 is 0 Å². The van der Waals surface area contributed by atoms with Crippen molar-refractivity contribution in [3.05, 3.63) is 48.5 Å². The van der Waals surface area contributed by atoms with Gasteiger partial charge in [0.25, 0.3) is 0 Å². The van der Waals surface area contributed by atoms with Gasteiger partial charge in [-0.2, -0.15) is 0 Å². The standard InChI is InChI=1S/C20H25N5O4/c1-2-12(13-6-4-3-5-7-13)8-21-18-15-19(23-10-22-18)25(11-24-15)20-17(28)16(27)14(9-26)29-20/h3-7,10-12,14,16-17,20,26-28H,2,8-9H2,1H3,(H,21,22,23). The van der Waals surface area contributed by atoms with Crippen LogP contribution in [0.2, 0.25) is 0 Å². The van der Waals surface area contributed by atoms with Crippen LogP contribution in [-0.4, -0.2) is 66.3 Å². The Labute approximate surface area is 168 Å². The second kappa shape index (κ2) is 8.42. The largest absolute Gasteiger partial charge is 0.394 e. The van der Waals surface area contributed by atoms with Crippen LogP contribution < -0.4 is 5.32 Å². The Morgan fingerprint density at radius 3 is 2.62 bits per heavy atom. The zero-order valence-electron chi connectivity index (χ0n) is 16.1. The number of hydrogen-bond donors (Lipinski definition) is 4. The number of anilines is 1. The molecule has 0 bridgehead atoms. The van der Waals surface area contributed by atoms with Gasteiger partial charge in [0.15, 0.2) is 23.2 Å². The van der Waals surface area contributed by atoms with E-state index in [2.05, 4.69) is 39.3 Å². The Morgan fingerprint density at radius 1 is 1.14 bits per heavy atom. The highest BCUT2D eigenvalue weighted by Gasteiger charge is 2.44. The molecule has 1 aromatic carbocycles. The van der Waals surface area contributed by atoms with Crippen molar-refractivity contribution in [1.29, 1.82) is 0 Å². The maximum atomic E-state index is 10.3. The van der Waals surface area contributed by atoms with Crippen LogP contribution in [0, 0.1) is 0 Å². The lowest BCUT2D eigenvalue weighted by molar-refractivity contribution is -0.0511. The normalized spacial score (nSPS) is 25.4. The van der Waals surface area contributed by atoms with E-state index in [0.29, 0.717) is 29.4 Å². The number of ether oxygens (including phenoxy) is 1. The van der Waals surface area contributed by atoms with E-state index in [1.807, 2.05) is 18.2 Å². The number of nitrogens with one attached hydrogen (secondary N) is 1. The van der Waals surface area contributed by atoms with Gasteiger partial charge in [-0.1, -0.05) is 37.3 Å². The van der Waals surface area contributed by atoms with E-state index < -0.39 is 24.5 Å². The van der Waals surface area contributed by atoms with E-state index in [4.69, 9.17) is 4.74 Å².